The molecule has 0 aliphatic heterocycles. The number of carbonyl (C=O) groups is 2. The molecule has 0 fully saturated rings. The van der Waals surface area contributed by atoms with Crippen molar-refractivity contribution >= 4 is 34.6 Å². The molecule has 0 saturated heterocycles. The van der Waals surface area contributed by atoms with E-state index in [1.807, 2.05) is 0 Å². The fraction of sp³-hybridized carbons (Fsp3) is 0.261. The van der Waals surface area contributed by atoms with Crippen molar-refractivity contribution in [2.24, 2.45) is 0 Å². The van der Waals surface area contributed by atoms with Gasteiger partial charge in [0.05, 0.1) is 22.4 Å². The van der Waals surface area contributed by atoms with Crippen LogP contribution in [0.1, 0.15) is 53.0 Å². The first kappa shape index (κ1) is 25.2. The third-order valence-electron chi connectivity index (χ3n) is 4.99. The molecule has 0 radical (unpaired) electrons. The van der Waals surface area contributed by atoms with E-state index in [0.29, 0.717) is 17.1 Å². The summed E-state index contributed by atoms with van der Waals surface area (Å²) in [5.74, 6) is -1.66. The van der Waals surface area contributed by atoms with E-state index in [0.717, 1.165) is 4.68 Å². The minimum Gasteiger partial charge on any atom is -0.346 e. The van der Waals surface area contributed by atoms with E-state index in [4.69, 9.17) is 11.6 Å². The predicted molar refractivity (Wildman–Crippen MR) is 126 cm³/mol. The molecule has 4 aromatic heterocycles. The summed E-state index contributed by atoms with van der Waals surface area (Å²) >= 11 is 6.12. The van der Waals surface area contributed by atoms with Crippen molar-refractivity contribution in [1.29, 1.82) is 0 Å². The standard InChI is InChI=1S/C23H21ClF3N7O2/c1-12-10-13-7-9-29-33(13)18(21(36)31-22(2,3)4)17(12)30-20(35)15-11-16(23(25,26)27)32-34(15)19-14(24)6-5-8-28-19/h5-11H,1-4H3,(H,30,35)(H,31,36). The summed E-state index contributed by atoms with van der Waals surface area (Å²) in [7, 11) is 0. The number of hydrogen-bond acceptors (Lipinski definition) is 5. The van der Waals surface area contributed by atoms with Crippen LogP contribution in [0.25, 0.3) is 11.3 Å². The first-order valence-corrected chi connectivity index (χ1v) is 11.0. The summed E-state index contributed by atoms with van der Waals surface area (Å²) < 4.78 is 42.5. The van der Waals surface area contributed by atoms with Gasteiger partial charge in [-0.05, 0) is 57.5 Å². The van der Waals surface area contributed by atoms with Crippen molar-refractivity contribution in [2.75, 3.05) is 5.32 Å². The highest BCUT2D eigenvalue weighted by Gasteiger charge is 2.37. The first-order valence-electron chi connectivity index (χ1n) is 10.7. The second-order valence-corrected chi connectivity index (χ2v) is 9.42. The molecule has 2 amide bonds. The van der Waals surface area contributed by atoms with Crippen LogP contribution in [0.15, 0.2) is 42.7 Å². The zero-order chi connectivity index (χ0) is 26.4. The van der Waals surface area contributed by atoms with Crippen LogP contribution in [0.2, 0.25) is 5.02 Å². The van der Waals surface area contributed by atoms with Crippen molar-refractivity contribution in [3.63, 3.8) is 0 Å². The molecule has 0 aliphatic carbocycles. The highest BCUT2D eigenvalue weighted by Crippen LogP contribution is 2.31. The van der Waals surface area contributed by atoms with Crippen LogP contribution in [0.3, 0.4) is 0 Å². The molecule has 0 atom stereocenters. The average molecular weight is 520 g/mol. The van der Waals surface area contributed by atoms with E-state index in [2.05, 4.69) is 25.8 Å². The lowest BCUT2D eigenvalue weighted by Gasteiger charge is -2.22. The third kappa shape index (κ3) is 4.89. The zero-order valence-corrected chi connectivity index (χ0v) is 20.4. The number of fused-ring (bicyclic) bond motifs is 1. The number of rotatable bonds is 4. The van der Waals surface area contributed by atoms with E-state index in [1.54, 1.807) is 39.8 Å². The third-order valence-corrected chi connectivity index (χ3v) is 5.29. The molecule has 9 nitrogen and oxygen atoms in total. The van der Waals surface area contributed by atoms with Crippen LogP contribution in [0.4, 0.5) is 18.9 Å². The van der Waals surface area contributed by atoms with E-state index >= 15 is 0 Å². The van der Waals surface area contributed by atoms with Crippen molar-refractivity contribution in [1.82, 2.24) is 29.7 Å². The SMILES string of the molecule is Cc1cc2ccnn2c(C(=O)NC(C)(C)C)c1NC(=O)c1cc(C(F)(F)F)nn1-c1ncccc1Cl. The van der Waals surface area contributed by atoms with Crippen LogP contribution in [-0.2, 0) is 6.18 Å². The lowest BCUT2D eigenvalue weighted by molar-refractivity contribution is -0.141. The molecule has 13 heteroatoms. The first-order chi connectivity index (χ1) is 16.8. The minimum atomic E-state index is -4.83. The smallest absolute Gasteiger partial charge is 0.346 e. The van der Waals surface area contributed by atoms with E-state index in [9.17, 15) is 22.8 Å². The Morgan fingerprint density at radius 2 is 1.78 bits per heavy atom. The zero-order valence-electron chi connectivity index (χ0n) is 19.6. The number of carbonyl (C=O) groups excluding carboxylic acids is 2. The molecule has 36 heavy (non-hydrogen) atoms. The fourth-order valence-corrected chi connectivity index (χ4v) is 3.72. The minimum absolute atomic E-state index is 0.0104. The van der Waals surface area contributed by atoms with Gasteiger partial charge < -0.3 is 10.6 Å². The molecule has 4 rings (SSSR count). The summed E-state index contributed by atoms with van der Waals surface area (Å²) in [6, 6.07) is 6.86. The highest BCUT2D eigenvalue weighted by molar-refractivity contribution is 6.32. The number of nitrogens with zero attached hydrogens (tertiary/aromatic N) is 5. The van der Waals surface area contributed by atoms with Gasteiger partial charge in [0.2, 0.25) is 0 Å². The fourth-order valence-electron chi connectivity index (χ4n) is 3.52. The monoisotopic (exact) mass is 519 g/mol. The van der Waals surface area contributed by atoms with Gasteiger partial charge in [0, 0.05) is 17.8 Å². The number of amides is 2. The number of pyridine rings is 2. The molecule has 0 aliphatic rings. The molecule has 4 aromatic rings. The van der Waals surface area contributed by atoms with Gasteiger partial charge in [-0.1, -0.05) is 11.6 Å². The summed E-state index contributed by atoms with van der Waals surface area (Å²) in [6.07, 6.45) is -2.03. The molecule has 188 valence electrons. The molecular formula is C23H21ClF3N7O2. The second kappa shape index (κ2) is 8.94. The number of alkyl halides is 3. The molecule has 0 aromatic carbocycles. The topological polar surface area (TPSA) is 106 Å². The van der Waals surface area contributed by atoms with Gasteiger partial charge in [-0.25, -0.2) is 14.2 Å². The Labute approximate surface area is 208 Å². The van der Waals surface area contributed by atoms with Crippen LogP contribution in [0, 0.1) is 6.92 Å². The molecular weight excluding hydrogens is 499 g/mol. The molecule has 4 heterocycles. The quantitative estimate of drug-likeness (QED) is 0.407. The van der Waals surface area contributed by atoms with Gasteiger partial charge in [0.25, 0.3) is 11.8 Å². The van der Waals surface area contributed by atoms with E-state index in [-0.39, 0.29) is 22.2 Å². The Balaban J connectivity index is 1.85. The Morgan fingerprint density at radius 1 is 1.06 bits per heavy atom. The Bertz CT molecular complexity index is 1490. The molecule has 0 bridgehead atoms. The maximum Gasteiger partial charge on any atom is 0.435 e. The van der Waals surface area contributed by atoms with Gasteiger partial charge >= 0.3 is 6.18 Å². The molecule has 0 spiro atoms. The van der Waals surface area contributed by atoms with Gasteiger partial charge in [-0.3, -0.25) is 9.59 Å². The lowest BCUT2D eigenvalue weighted by atomic mass is 10.1. The van der Waals surface area contributed by atoms with E-state index < -0.39 is 34.9 Å². The van der Waals surface area contributed by atoms with Crippen molar-refractivity contribution < 1.29 is 22.8 Å². The summed E-state index contributed by atoms with van der Waals surface area (Å²) in [6.45, 7) is 7.01. The maximum atomic E-state index is 13.5. The summed E-state index contributed by atoms with van der Waals surface area (Å²) in [4.78, 5) is 30.6. The number of aryl methyl sites for hydroxylation is 1. The van der Waals surface area contributed by atoms with Gasteiger partial charge in [0.15, 0.2) is 17.2 Å². The van der Waals surface area contributed by atoms with Crippen molar-refractivity contribution in [2.45, 2.75) is 39.4 Å². The molecule has 0 saturated carbocycles. The molecule has 2 N–H and O–H groups in total. The van der Waals surface area contributed by atoms with Crippen molar-refractivity contribution in [3.05, 3.63) is 70.4 Å². The van der Waals surface area contributed by atoms with E-state index in [1.165, 1.54) is 29.0 Å². The highest BCUT2D eigenvalue weighted by atomic mass is 35.5. The molecule has 0 unspecified atom stereocenters. The Morgan fingerprint density at radius 3 is 2.42 bits per heavy atom. The van der Waals surface area contributed by atoms with Crippen LogP contribution in [0.5, 0.6) is 0 Å². The van der Waals surface area contributed by atoms with Gasteiger partial charge in [-0.15, -0.1) is 0 Å². The van der Waals surface area contributed by atoms with Crippen LogP contribution < -0.4 is 10.6 Å². The van der Waals surface area contributed by atoms with Crippen LogP contribution in [-0.4, -0.2) is 41.7 Å². The Kier molecular flexibility index (Phi) is 6.25. The average Bonchev–Trinajstić information content (AvgIpc) is 3.40. The van der Waals surface area contributed by atoms with Gasteiger partial charge in [0.1, 0.15) is 5.69 Å². The maximum absolute atomic E-state index is 13.5. The largest absolute Gasteiger partial charge is 0.435 e. The van der Waals surface area contributed by atoms with Gasteiger partial charge in [-0.2, -0.15) is 23.4 Å². The number of hydrogen-bond donors (Lipinski definition) is 2. The lowest BCUT2D eigenvalue weighted by Crippen LogP contribution is -2.42. The normalized spacial score (nSPS) is 12.1. The second-order valence-electron chi connectivity index (χ2n) is 9.01. The number of aromatic nitrogens is 5. The predicted octanol–water partition coefficient (Wildman–Crippen LogP) is 4.68. The van der Waals surface area contributed by atoms with Crippen LogP contribution >= 0.6 is 11.6 Å². The summed E-state index contributed by atoms with van der Waals surface area (Å²) in [5.41, 5.74) is -1.23. The summed E-state index contributed by atoms with van der Waals surface area (Å²) in [5, 5.41) is 13.1. The number of halogens is 4. The Hall–Kier alpha value is -3.93. The number of nitrogens with one attached hydrogen (secondary N) is 2. The number of anilines is 1. The van der Waals surface area contributed by atoms with Crippen molar-refractivity contribution in [3.8, 4) is 5.82 Å².